The Kier molecular flexibility index (Phi) is 6.03. The molecule has 0 radical (unpaired) electrons. The summed E-state index contributed by atoms with van der Waals surface area (Å²) >= 11 is 0. The SMILES string of the molecule is CCNC(=O)C1=NCc2cc(-c3cccc(NC(=O)Nc4ccc(C)cc4C)c3)ccc21. The van der Waals surface area contributed by atoms with Crippen molar-refractivity contribution < 1.29 is 9.59 Å². The number of nitrogens with zero attached hydrogens (tertiary/aromatic N) is 1. The highest BCUT2D eigenvalue weighted by molar-refractivity contribution is 6.46. The molecular weight excluding hydrogens is 400 g/mol. The van der Waals surface area contributed by atoms with Gasteiger partial charge in [0.25, 0.3) is 5.91 Å². The largest absolute Gasteiger partial charge is 0.351 e. The summed E-state index contributed by atoms with van der Waals surface area (Å²) in [7, 11) is 0. The number of benzene rings is 3. The number of hydrogen-bond donors (Lipinski definition) is 3. The first-order valence-corrected chi connectivity index (χ1v) is 10.7. The van der Waals surface area contributed by atoms with Crippen molar-refractivity contribution >= 4 is 29.0 Å². The lowest BCUT2D eigenvalue weighted by atomic mass is 9.98. The predicted molar refractivity (Wildman–Crippen MR) is 129 cm³/mol. The number of anilines is 2. The molecule has 6 nitrogen and oxygen atoms in total. The minimum Gasteiger partial charge on any atom is -0.351 e. The van der Waals surface area contributed by atoms with Crippen molar-refractivity contribution in [3.8, 4) is 11.1 Å². The average Bonchev–Trinajstić information content (AvgIpc) is 3.19. The first kappa shape index (κ1) is 21.3. The molecule has 0 spiro atoms. The Bertz CT molecular complexity index is 1230. The van der Waals surface area contributed by atoms with E-state index < -0.39 is 0 Å². The molecule has 1 aliphatic rings. The van der Waals surface area contributed by atoms with E-state index in [0.29, 0.717) is 24.5 Å². The average molecular weight is 427 g/mol. The van der Waals surface area contributed by atoms with Crippen LogP contribution >= 0.6 is 0 Å². The van der Waals surface area contributed by atoms with Gasteiger partial charge in [-0.15, -0.1) is 0 Å². The van der Waals surface area contributed by atoms with Gasteiger partial charge in [0.05, 0.1) is 6.54 Å². The predicted octanol–water partition coefficient (Wildman–Crippen LogP) is 5.05. The van der Waals surface area contributed by atoms with Crippen LogP contribution < -0.4 is 16.0 Å². The van der Waals surface area contributed by atoms with Gasteiger partial charge in [0.15, 0.2) is 0 Å². The van der Waals surface area contributed by atoms with Crippen LogP contribution in [0.4, 0.5) is 16.2 Å². The van der Waals surface area contributed by atoms with E-state index in [4.69, 9.17) is 0 Å². The third kappa shape index (κ3) is 4.54. The highest BCUT2D eigenvalue weighted by atomic mass is 16.2. The molecule has 0 fully saturated rings. The second kappa shape index (κ2) is 9.06. The molecular formula is C26H26N4O2. The number of rotatable bonds is 5. The number of aliphatic imine (C=N–C) groups is 1. The van der Waals surface area contributed by atoms with Crippen molar-refractivity contribution in [2.24, 2.45) is 4.99 Å². The molecule has 0 unspecified atom stereocenters. The molecule has 0 saturated carbocycles. The van der Waals surface area contributed by atoms with E-state index in [1.54, 1.807) is 0 Å². The number of aryl methyl sites for hydroxylation is 2. The standard InChI is InChI=1S/C26H26N4O2/c1-4-27-25(31)24-22-10-9-19(13-20(22)15-28-24)18-6-5-7-21(14-18)29-26(32)30-23-11-8-16(2)12-17(23)3/h5-14H,4,15H2,1-3H3,(H,27,31)(H2,29,30,32). The Hall–Kier alpha value is -3.93. The van der Waals surface area contributed by atoms with Crippen molar-refractivity contribution in [3.63, 3.8) is 0 Å². The van der Waals surface area contributed by atoms with Gasteiger partial charge in [-0.3, -0.25) is 9.79 Å². The number of carbonyl (C=O) groups excluding carboxylic acids is 2. The molecule has 1 aliphatic heterocycles. The summed E-state index contributed by atoms with van der Waals surface area (Å²) in [5, 5.41) is 8.61. The molecule has 0 aromatic heterocycles. The lowest BCUT2D eigenvalue weighted by molar-refractivity contribution is -0.114. The van der Waals surface area contributed by atoms with Gasteiger partial charge in [-0.1, -0.05) is 42.0 Å². The molecule has 0 saturated heterocycles. The number of amides is 3. The smallest absolute Gasteiger partial charge is 0.323 e. The van der Waals surface area contributed by atoms with Crippen LogP contribution in [-0.4, -0.2) is 24.2 Å². The van der Waals surface area contributed by atoms with Crippen molar-refractivity contribution in [2.75, 3.05) is 17.2 Å². The third-order valence-electron chi connectivity index (χ3n) is 5.40. The summed E-state index contributed by atoms with van der Waals surface area (Å²) < 4.78 is 0. The van der Waals surface area contributed by atoms with Crippen molar-refractivity contribution in [1.29, 1.82) is 0 Å². The number of carbonyl (C=O) groups is 2. The quantitative estimate of drug-likeness (QED) is 0.533. The number of likely N-dealkylation sites (N-methyl/N-ethyl adjacent to an activating group) is 1. The van der Waals surface area contributed by atoms with E-state index in [1.165, 1.54) is 0 Å². The minimum atomic E-state index is -0.289. The van der Waals surface area contributed by atoms with Crippen LogP contribution in [0.2, 0.25) is 0 Å². The van der Waals surface area contributed by atoms with Gasteiger partial charge in [-0.25, -0.2) is 4.79 Å². The summed E-state index contributed by atoms with van der Waals surface area (Å²) in [5.41, 5.74) is 8.03. The van der Waals surface area contributed by atoms with Gasteiger partial charge in [0, 0.05) is 23.5 Å². The molecule has 3 aromatic rings. The van der Waals surface area contributed by atoms with Gasteiger partial charge in [0.2, 0.25) is 0 Å². The second-order valence-electron chi connectivity index (χ2n) is 7.87. The summed E-state index contributed by atoms with van der Waals surface area (Å²) in [4.78, 5) is 29.1. The number of fused-ring (bicyclic) bond motifs is 1. The number of urea groups is 1. The fourth-order valence-electron chi connectivity index (χ4n) is 3.84. The number of nitrogens with one attached hydrogen (secondary N) is 3. The van der Waals surface area contributed by atoms with Crippen LogP contribution in [-0.2, 0) is 11.3 Å². The Morgan fingerprint density at radius 1 is 0.938 bits per heavy atom. The van der Waals surface area contributed by atoms with Gasteiger partial charge in [-0.05, 0) is 67.3 Å². The Morgan fingerprint density at radius 3 is 2.53 bits per heavy atom. The minimum absolute atomic E-state index is 0.139. The topological polar surface area (TPSA) is 82.6 Å². The maximum atomic E-state index is 12.5. The Morgan fingerprint density at radius 2 is 1.75 bits per heavy atom. The molecule has 0 atom stereocenters. The van der Waals surface area contributed by atoms with E-state index in [2.05, 4.69) is 27.0 Å². The van der Waals surface area contributed by atoms with Crippen molar-refractivity contribution in [1.82, 2.24) is 5.32 Å². The summed E-state index contributed by atoms with van der Waals surface area (Å²) in [6.45, 7) is 6.95. The molecule has 32 heavy (non-hydrogen) atoms. The summed E-state index contributed by atoms with van der Waals surface area (Å²) in [6, 6.07) is 19.3. The summed E-state index contributed by atoms with van der Waals surface area (Å²) in [6.07, 6.45) is 0. The van der Waals surface area contributed by atoms with Gasteiger partial charge in [0.1, 0.15) is 5.71 Å². The lowest BCUT2D eigenvalue weighted by Crippen LogP contribution is -2.30. The zero-order valence-electron chi connectivity index (χ0n) is 18.5. The van der Waals surface area contributed by atoms with Gasteiger partial charge < -0.3 is 16.0 Å². The highest BCUT2D eigenvalue weighted by Crippen LogP contribution is 2.28. The molecule has 0 bridgehead atoms. The van der Waals surface area contributed by atoms with Gasteiger partial charge in [-0.2, -0.15) is 0 Å². The van der Waals surface area contributed by atoms with Crippen LogP contribution in [0.25, 0.3) is 11.1 Å². The van der Waals surface area contributed by atoms with Crippen molar-refractivity contribution in [2.45, 2.75) is 27.3 Å². The second-order valence-corrected chi connectivity index (χ2v) is 7.87. The molecule has 3 amide bonds. The van der Waals surface area contributed by atoms with E-state index in [9.17, 15) is 9.59 Å². The van der Waals surface area contributed by atoms with Gasteiger partial charge >= 0.3 is 6.03 Å². The van der Waals surface area contributed by atoms with E-state index in [0.717, 1.165) is 39.1 Å². The Balaban J connectivity index is 1.49. The highest BCUT2D eigenvalue weighted by Gasteiger charge is 2.22. The van der Waals surface area contributed by atoms with E-state index >= 15 is 0 Å². The fourth-order valence-corrected chi connectivity index (χ4v) is 3.84. The first-order valence-electron chi connectivity index (χ1n) is 10.7. The monoisotopic (exact) mass is 426 g/mol. The Labute approximate surface area is 187 Å². The zero-order valence-corrected chi connectivity index (χ0v) is 18.5. The van der Waals surface area contributed by atoms with E-state index in [-0.39, 0.29) is 11.9 Å². The first-order chi connectivity index (χ1) is 15.4. The van der Waals surface area contributed by atoms with Crippen molar-refractivity contribution in [3.05, 3.63) is 82.9 Å². The molecule has 1 heterocycles. The lowest BCUT2D eigenvalue weighted by Gasteiger charge is -2.12. The van der Waals surface area contributed by atoms with Crippen LogP contribution in [0.1, 0.15) is 29.2 Å². The molecule has 3 aromatic carbocycles. The molecule has 0 aliphatic carbocycles. The normalized spacial score (nSPS) is 12.0. The van der Waals surface area contributed by atoms with Crippen LogP contribution in [0.5, 0.6) is 0 Å². The van der Waals surface area contributed by atoms with E-state index in [1.807, 2.05) is 75.4 Å². The van der Waals surface area contributed by atoms with Crippen LogP contribution in [0.15, 0.2) is 65.7 Å². The van der Waals surface area contributed by atoms with Crippen LogP contribution in [0.3, 0.4) is 0 Å². The summed E-state index contributed by atoms with van der Waals surface area (Å²) in [5.74, 6) is -0.139. The zero-order chi connectivity index (χ0) is 22.7. The third-order valence-corrected chi connectivity index (χ3v) is 5.40. The maximum absolute atomic E-state index is 12.5. The fraction of sp³-hybridized carbons (Fsp3) is 0.192. The molecule has 4 rings (SSSR count). The maximum Gasteiger partial charge on any atom is 0.323 e. The molecule has 6 heteroatoms. The molecule has 162 valence electrons. The molecule has 3 N–H and O–H groups in total. The van der Waals surface area contributed by atoms with Crippen LogP contribution in [0, 0.1) is 13.8 Å². The number of hydrogen-bond acceptors (Lipinski definition) is 3.